The molecule has 0 N–H and O–H groups in total. The number of aromatic nitrogens is 1. The van der Waals surface area contributed by atoms with E-state index < -0.39 is 0 Å². The summed E-state index contributed by atoms with van der Waals surface area (Å²) in [5.41, 5.74) is 7.77. The van der Waals surface area contributed by atoms with Crippen molar-refractivity contribution in [2.75, 3.05) is 6.54 Å². The van der Waals surface area contributed by atoms with Crippen molar-refractivity contribution in [3.8, 4) is 11.1 Å². The fraction of sp³-hybridized carbons (Fsp3) is 0.160. The van der Waals surface area contributed by atoms with E-state index in [1.165, 1.54) is 33.3 Å². The Labute approximate surface area is 160 Å². The van der Waals surface area contributed by atoms with E-state index in [2.05, 4.69) is 89.8 Å². The molecular weight excluding hydrogens is 328 g/mol. The lowest BCUT2D eigenvalue weighted by Crippen LogP contribution is -2.31. The predicted molar refractivity (Wildman–Crippen MR) is 111 cm³/mol. The van der Waals surface area contributed by atoms with Crippen molar-refractivity contribution in [2.24, 2.45) is 0 Å². The number of pyridine rings is 1. The van der Waals surface area contributed by atoms with Crippen molar-refractivity contribution in [3.05, 3.63) is 102 Å². The first-order valence-electron chi connectivity index (χ1n) is 9.61. The number of hydrogen-bond acceptors (Lipinski definition) is 2. The van der Waals surface area contributed by atoms with Crippen LogP contribution in [0.5, 0.6) is 0 Å². The van der Waals surface area contributed by atoms with E-state index in [0.717, 1.165) is 31.6 Å². The van der Waals surface area contributed by atoms with Gasteiger partial charge in [0.15, 0.2) is 0 Å². The summed E-state index contributed by atoms with van der Waals surface area (Å²) in [5.74, 6) is 0. The van der Waals surface area contributed by atoms with E-state index in [-0.39, 0.29) is 0 Å². The van der Waals surface area contributed by atoms with Crippen LogP contribution in [-0.2, 0) is 19.5 Å². The summed E-state index contributed by atoms with van der Waals surface area (Å²) in [7, 11) is 0. The average Bonchev–Trinajstić information content (AvgIpc) is 2.73. The van der Waals surface area contributed by atoms with Crippen molar-refractivity contribution in [3.63, 3.8) is 0 Å². The van der Waals surface area contributed by atoms with Crippen LogP contribution in [-0.4, -0.2) is 16.4 Å². The third-order valence-electron chi connectivity index (χ3n) is 5.44. The van der Waals surface area contributed by atoms with Gasteiger partial charge in [-0.15, -0.1) is 0 Å². The van der Waals surface area contributed by atoms with Gasteiger partial charge in [-0.2, -0.15) is 0 Å². The van der Waals surface area contributed by atoms with Gasteiger partial charge in [0.25, 0.3) is 0 Å². The monoisotopic (exact) mass is 350 g/mol. The maximum absolute atomic E-state index is 5.02. The van der Waals surface area contributed by atoms with Crippen LogP contribution in [0.1, 0.15) is 16.8 Å². The number of rotatable bonds is 3. The van der Waals surface area contributed by atoms with Crippen LogP contribution in [0.2, 0.25) is 0 Å². The predicted octanol–water partition coefficient (Wildman–Crippen LogP) is 5.46. The fourth-order valence-corrected chi connectivity index (χ4v) is 4.16. The normalized spacial score (nSPS) is 14.2. The Bertz CT molecular complexity index is 1070. The molecule has 1 aliphatic heterocycles. The quantitative estimate of drug-likeness (QED) is 0.488. The molecule has 0 amide bonds. The molecule has 0 spiro atoms. The van der Waals surface area contributed by atoms with Gasteiger partial charge in [-0.1, -0.05) is 78.9 Å². The minimum atomic E-state index is 0.951. The van der Waals surface area contributed by atoms with Crippen LogP contribution in [0.25, 0.3) is 22.0 Å². The molecule has 3 aromatic carbocycles. The number of para-hydroxylation sites is 1. The first-order valence-corrected chi connectivity index (χ1v) is 9.61. The SMILES string of the molecule is c1ccc(CN2CCc3nc4ccccc4c(-c4ccccc4)c3C2)cc1. The summed E-state index contributed by atoms with van der Waals surface area (Å²) in [4.78, 5) is 7.56. The molecule has 2 nitrogen and oxygen atoms in total. The summed E-state index contributed by atoms with van der Waals surface area (Å²) < 4.78 is 0. The van der Waals surface area contributed by atoms with Gasteiger partial charge in [0.1, 0.15) is 0 Å². The lowest BCUT2D eigenvalue weighted by Gasteiger charge is -2.30. The lowest BCUT2D eigenvalue weighted by atomic mass is 9.91. The van der Waals surface area contributed by atoms with Crippen LogP contribution >= 0.6 is 0 Å². The van der Waals surface area contributed by atoms with Gasteiger partial charge in [0.05, 0.1) is 5.52 Å². The molecule has 27 heavy (non-hydrogen) atoms. The van der Waals surface area contributed by atoms with Crippen LogP contribution in [0, 0.1) is 0 Å². The van der Waals surface area contributed by atoms with E-state index in [1.807, 2.05) is 0 Å². The standard InChI is InChI=1S/C25H22N2/c1-3-9-19(10-4-1)17-27-16-15-24-22(18-27)25(20-11-5-2-6-12-20)21-13-7-8-14-23(21)26-24/h1-14H,15-18H2. The Kier molecular flexibility index (Phi) is 4.19. The van der Waals surface area contributed by atoms with Crippen molar-refractivity contribution in [1.29, 1.82) is 0 Å². The Morgan fingerprint density at radius 3 is 2.30 bits per heavy atom. The van der Waals surface area contributed by atoms with Crippen molar-refractivity contribution >= 4 is 10.9 Å². The Hall–Kier alpha value is -2.97. The van der Waals surface area contributed by atoms with E-state index in [0.29, 0.717) is 0 Å². The Morgan fingerprint density at radius 2 is 1.48 bits per heavy atom. The van der Waals surface area contributed by atoms with Gasteiger partial charge in [-0.25, -0.2) is 0 Å². The zero-order valence-electron chi connectivity index (χ0n) is 15.3. The molecule has 2 heteroatoms. The van der Waals surface area contributed by atoms with Gasteiger partial charge in [-0.05, 0) is 28.3 Å². The zero-order chi connectivity index (χ0) is 18.1. The molecule has 4 aromatic rings. The second-order valence-corrected chi connectivity index (χ2v) is 7.24. The molecule has 5 rings (SSSR count). The van der Waals surface area contributed by atoms with Crippen molar-refractivity contribution in [2.45, 2.75) is 19.5 Å². The van der Waals surface area contributed by atoms with E-state index in [1.54, 1.807) is 0 Å². The van der Waals surface area contributed by atoms with Crippen molar-refractivity contribution in [1.82, 2.24) is 9.88 Å². The van der Waals surface area contributed by atoms with Gasteiger partial charge in [0.2, 0.25) is 0 Å². The highest BCUT2D eigenvalue weighted by molar-refractivity contribution is 5.96. The van der Waals surface area contributed by atoms with Crippen molar-refractivity contribution < 1.29 is 0 Å². The molecular formula is C25H22N2. The lowest BCUT2D eigenvalue weighted by molar-refractivity contribution is 0.244. The highest BCUT2D eigenvalue weighted by Gasteiger charge is 2.23. The number of benzene rings is 3. The third-order valence-corrected chi connectivity index (χ3v) is 5.44. The van der Waals surface area contributed by atoms with Gasteiger partial charge in [0, 0.05) is 37.1 Å². The van der Waals surface area contributed by atoms with E-state index >= 15 is 0 Å². The summed E-state index contributed by atoms with van der Waals surface area (Å²) in [6.07, 6.45) is 1.01. The highest BCUT2D eigenvalue weighted by atomic mass is 15.1. The molecule has 0 saturated heterocycles. The molecule has 0 fully saturated rings. The molecule has 1 aliphatic rings. The molecule has 1 aromatic heterocycles. The topological polar surface area (TPSA) is 16.1 Å². The number of fused-ring (bicyclic) bond motifs is 2. The fourth-order valence-electron chi connectivity index (χ4n) is 4.16. The largest absolute Gasteiger partial charge is 0.294 e. The van der Waals surface area contributed by atoms with Gasteiger partial charge < -0.3 is 0 Å². The number of hydrogen-bond donors (Lipinski definition) is 0. The average molecular weight is 350 g/mol. The maximum atomic E-state index is 5.02. The summed E-state index contributed by atoms with van der Waals surface area (Å²) in [6, 6.07) is 30.1. The van der Waals surface area contributed by atoms with Crippen LogP contribution in [0.3, 0.4) is 0 Å². The highest BCUT2D eigenvalue weighted by Crippen LogP contribution is 2.35. The minimum Gasteiger partial charge on any atom is -0.294 e. The molecule has 132 valence electrons. The summed E-state index contributed by atoms with van der Waals surface area (Å²) in [6.45, 7) is 3.00. The first-order chi connectivity index (χ1) is 13.4. The Balaban J connectivity index is 1.61. The van der Waals surface area contributed by atoms with Crippen LogP contribution in [0.4, 0.5) is 0 Å². The number of nitrogens with zero attached hydrogens (tertiary/aromatic N) is 2. The molecule has 0 atom stereocenters. The first kappa shape index (κ1) is 16.2. The van der Waals surface area contributed by atoms with Gasteiger partial charge in [-0.3, -0.25) is 9.88 Å². The molecule has 0 radical (unpaired) electrons. The molecule has 0 saturated carbocycles. The van der Waals surface area contributed by atoms with Gasteiger partial charge >= 0.3 is 0 Å². The second-order valence-electron chi connectivity index (χ2n) is 7.24. The Morgan fingerprint density at radius 1 is 0.778 bits per heavy atom. The van der Waals surface area contributed by atoms with E-state index in [9.17, 15) is 0 Å². The molecule has 2 heterocycles. The smallest absolute Gasteiger partial charge is 0.0711 e. The summed E-state index contributed by atoms with van der Waals surface area (Å²) >= 11 is 0. The summed E-state index contributed by atoms with van der Waals surface area (Å²) in [5, 5.41) is 1.25. The molecule has 0 unspecified atom stereocenters. The second kappa shape index (κ2) is 6.98. The zero-order valence-corrected chi connectivity index (χ0v) is 15.3. The molecule has 0 bridgehead atoms. The van der Waals surface area contributed by atoms with E-state index in [4.69, 9.17) is 4.98 Å². The minimum absolute atomic E-state index is 0.951. The molecule has 0 aliphatic carbocycles. The van der Waals surface area contributed by atoms with Crippen LogP contribution < -0.4 is 0 Å². The van der Waals surface area contributed by atoms with Crippen LogP contribution in [0.15, 0.2) is 84.9 Å². The maximum Gasteiger partial charge on any atom is 0.0711 e. The third kappa shape index (κ3) is 3.13.